The molecule has 0 aliphatic rings. The zero-order chi connectivity index (χ0) is 12.0. The third-order valence-electron chi connectivity index (χ3n) is 1.85. The Morgan fingerprint density at radius 2 is 2.31 bits per heavy atom. The molecule has 0 saturated carbocycles. The van der Waals surface area contributed by atoms with E-state index >= 15 is 0 Å². The van der Waals surface area contributed by atoms with Crippen LogP contribution in [0.25, 0.3) is 6.08 Å². The fourth-order valence-corrected chi connectivity index (χ4v) is 1.63. The molecule has 0 N–H and O–H groups in total. The molecule has 0 aliphatic heterocycles. The Morgan fingerprint density at radius 1 is 1.56 bits per heavy atom. The molecule has 0 bridgehead atoms. The van der Waals surface area contributed by atoms with Crippen molar-refractivity contribution in [2.75, 3.05) is 12.5 Å². The zero-order valence-electron chi connectivity index (χ0n) is 8.87. The first-order chi connectivity index (χ1) is 7.67. The standard InChI is InChI=1S/C12H12BrClO2/c1-2-16-12-6-4-10(13)7-9(12)3-5-11(15)8-14/h3-7H,2,8H2,1H3. The molecule has 0 spiro atoms. The Kier molecular flexibility index (Phi) is 5.56. The minimum Gasteiger partial charge on any atom is -0.493 e. The predicted molar refractivity (Wildman–Crippen MR) is 70.1 cm³/mol. The van der Waals surface area contributed by atoms with Gasteiger partial charge in [-0.3, -0.25) is 4.79 Å². The number of ketones is 1. The van der Waals surface area contributed by atoms with E-state index in [9.17, 15) is 4.79 Å². The van der Waals surface area contributed by atoms with Gasteiger partial charge in [0, 0.05) is 10.0 Å². The van der Waals surface area contributed by atoms with E-state index in [0.717, 1.165) is 15.8 Å². The van der Waals surface area contributed by atoms with Crippen LogP contribution >= 0.6 is 27.5 Å². The van der Waals surface area contributed by atoms with Gasteiger partial charge in [0.05, 0.1) is 12.5 Å². The predicted octanol–water partition coefficient (Wildman–Crippen LogP) is 3.67. The van der Waals surface area contributed by atoms with Crippen molar-refractivity contribution in [2.45, 2.75) is 6.92 Å². The SMILES string of the molecule is CCOc1ccc(Br)cc1C=CC(=O)CCl. The molecule has 0 heterocycles. The lowest BCUT2D eigenvalue weighted by molar-refractivity contribution is -0.112. The smallest absolute Gasteiger partial charge is 0.170 e. The summed E-state index contributed by atoms with van der Waals surface area (Å²) >= 11 is 8.78. The number of hydrogen-bond donors (Lipinski definition) is 0. The normalized spacial score (nSPS) is 10.7. The van der Waals surface area contributed by atoms with Crippen LogP contribution in [0.3, 0.4) is 0 Å². The Labute approximate surface area is 108 Å². The van der Waals surface area contributed by atoms with E-state index < -0.39 is 0 Å². The van der Waals surface area contributed by atoms with Crippen molar-refractivity contribution in [3.05, 3.63) is 34.3 Å². The molecule has 1 aromatic rings. The summed E-state index contributed by atoms with van der Waals surface area (Å²) in [7, 11) is 0. The Balaban J connectivity index is 2.95. The molecule has 16 heavy (non-hydrogen) atoms. The number of benzene rings is 1. The summed E-state index contributed by atoms with van der Waals surface area (Å²) in [5.74, 6) is 0.627. The van der Waals surface area contributed by atoms with Crippen molar-refractivity contribution in [1.82, 2.24) is 0 Å². The molecule has 4 heteroatoms. The van der Waals surface area contributed by atoms with E-state index in [2.05, 4.69) is 15.9 Å². The average Bonchev–Trinajstić information content (AvgIpc) is 2.29. The quantitative estimate of drug-likeness (QED) is 0.613. The molecule has 86 valence electrons. The number of carbonyl (C=O) groups is 1. The van der Waals surface area contributed by atoms with E-state index in [-0.39, 0.29) is 11.7 Å². The van der Waals surface area contributed by atoms with Crippen LogP contribution in [0.2, 0.25) is 0 Å². The molecule has 0 saturated heterocycles. The van der Waals surface area contributed by atoms with Gasteiger partial charge in [0.15, 0.2) is 5.78 Å². The van der Waals surface area contributed by atoms with Crippen LogP contribution < -0.4 is 4.74 Å². The van der Waals surface area contributed by atoms with Gasteiger partial charge in [0.1, 0.15) is 5.75 Å². The molecule has 0 radical (unpaired) electrons. The van der Waals surface area contributed by atoms with E-state index in [0.29, 0.717) is 6.61 Å². The van der Waals surface area contributed by atoms with Gasteiger partial charge in [-0.15, -0.1) is 11.6 Å². The Morgan fingerprint density at radius 3 is 2.94 bits per heavy atom. The third kappa shape index (κ3) is 3.99. The van der Waals surface area contributed by atoms with Crippen LogP contribution in [0, 0.1) is 0 Å². The molecular weight excluding hydrogens is 291 g/mol. The minimum atomic E-state index is -0.121. The maximum absolute atomic E-state index is 11.1. The lowest BCUT2D eigenvalue weighted by Crippen LogP contribution is -1.95. The van der Waals surface area contributed by atoms with Gasteiger partial charge in [-0.25, -0.2) is 0 Å². The first-order valence-electron chi connectivity index (χ1n) is 4.86. The van der Waals surface area contributed by atoms with E-state index in [1.165, 1.54) is 6.08 Å². The van der Waals surface area contributed by atoms with Gasteiger partial charge in [-0.05, 0) is 37.3 Å². The third-order valence-corrected chi connectivity index (χ3v) is 2.61. The van der Waals surface area contributed by atoms with Gasteiger partial charge in [-0.2, -0.15) is 0 Å². The summed E-state index contributed by atoms with van der Waals surface area (Å²) in [4.78, 5) is 11.1. The number of halogens is 2. The summed E-state index contributed by atoms with van der Waals surface area (Å²) in [6, 6.07) is 5.65. The van der Waals surface area contributed by atoms with Gasteiger partial charge >= 0.3 is 0 Å². The molecule has 2 nitrogen and oxygen atoms in total. The largest absolute Gasteiger partial charge is 0.493 e. The van der Waals surface area contributed by atoms with E-state index in [4.69, 9.17) is 16.3 Å². The first-order valence-corrected chi connectivity index (χ1v) is 6.19. The molecule has 0 aliphatic carbocycles. The highest BCUT2D eigenvalue weighted by Gasteiger charge is 2.01. The summed E-state index contributed by atoms with van der Waals surface area (Å²) in [5.41, 5.74) is 0.856. The molecule has 0 amide bonds. The molecule has 0 aromatic heterocycles. The Hall–Kier alpha value is -0.800. The second-order valence-corrected chi connectivity index (χ2v) is 4.23. The molecular formula is C12H12BrClO2. The summed E-state index contributed by atoms with van der Waals surface area (Å²) in [6.45, 7) is 2.51. The van der Waals surface area contributed by atoms with Crippen LogP contribution in [-0.2, 0) is 4.79 Å². The number of allylic oxidation sites excluding steroid dienone is 1. The van der Waals surface area contributed by atoms with Crippen LogP contribution in [0.1, 0.15) is 12.5 Å². The number of rotatable bonds is 5. The van der Waals surface area contributed by atoms with Gasteiger partial charge in [0.25, 0.3) is 0 Å². The van der Waals surface area contributed by atoms with Crippen LogP contribution in [0.5, 0.6) is 5.75 Å². The molecule has 1 aromatic carbocycles. The maximum atomic E-state index is 11.1. The van der Waals surface area contributed by atoms with Crippen molar-refractivity contribution in [3.63, 3.8) is 0 Å². The minimum absolute atomic E-state index is 0.00548. The highest BCUT2D eigenvalue weighted by molar-refractivity contribution is 9.10. The van der Waals surface area contributed by atoms with Crippen molar-refractivity contribution < 1.29 is 9.53 Å². The maximum Gasteiger partial charge on any atom is 0.170 e. The van der Waals surface area contributed by atoms with Crippen molar-refractivity contribution in [1.29, 1.82) is 0 Å². The second kappa shape index (κ2) is 6.71. The monoisotopic (exact) mass is 302 g/mol. The fourth-order valence-electron chi connectivity index (χ4n) is 1.16. The second-order valence-electron chi connectivity index (χ2n) is 3.05. The van der Waals surface area contributed by atoms with Crippen LogP contribution in [0.4, 0.5) is 0 Å². The van der Waals surface area contributed by atoms with Crippen LogP contribution in [-0.4, -0.2) is 18.3 Å². The zero-order valence-corrected chi connectivity index (χ0v) is 11.2. The van der Waals surface area contributed by atoms with E-state index in [1.807, 2.05) is 25.1 Å². The summed E-state index contributed by atoms with van der Waals surface area (Å²) < 4.78 is 6.38. The number of ether oxygens (including phenoxy) is 1. The highest BCUT2D eigenvalue weighted by Crippen LogP contribution is 2.24. The van der Waals surface area contributed by atoms with Gasteiger partial charge in [0.2, 0.25) is 0 Å². The lowest BCUT2D eigenvalue weighted by atomic mass is 10.2. The molecule has 0 unspecified atom stereocenters. The number of hydrogen-bond acceptors (Lipinski definition) is 2. The Bertz CT molecular complexity index is 402. The summed E-state index contributed by atoms with van der Waals surface area (Å²) in [6.07, 6.45) is 3.16. The lowest BCUT2D eigenvalue weighted by Gasteiger charge is -2.07. The number of carbonyl (C=O) groups excluding carboxylic acids is 1. The highest BCUT2D eigenvalue weighted by atomic mass is 79.9. The average molecular weight is 304 g/mol. The van der Waals surface area contributed by atoms with Crippen molar-refractivity contribution in [3.8, 4) is 5.75 Å². The summed E-state index contributed by atoms with van der Waals surface area (Å²) in [5, 5.41) is 0. The van der Waals surface area contributed by atoms with Gasteiger partial charge in [-0.1, -0.05) is 15.9 Å². The van der Waals surface area contributed by atoms with Crippen molar-refractivity contribution >= 4 is 39.4 Å². The topological polar surface area (TPSA) is 26.3 Å². The van der Waals surface area contributed by atoms with Crippen molar-refractivity contribution in [2.24, 2.45) is 0 Å². The fraction of sp³-hybridized carbons (Fsp3) is 0.250. The molecule has 1 rings (SSSR count). The molecule has 0 atom stereocenters. The van der Waals surface area contributed by atoms with Gasteiger partial charge < -0.3 is 4.74 Å². The van der Waals surface area contributed by atoms with Crippen LogP contribution in [0.15, 0.2) is 28.7 Å². The van der Waals surface area contributed by atoms with E-state index in [1.54, 1.807) is 6.08 Å². The molecule has 0 fully saturated rings. The first kappa shape index (κ1) is 13.3. The number of alkyl halides is 1.